The van der Waals surface area contributed by atoms with Crippen LogP contribution in [0, 0.1) is 0 Å². The molecule has 0 radical (unpaired) electrons. The lowest BCUT2D eigenvalue weighted by Gasteiger charge is -2.09. The molecule has 0 spiro atoms. The molecule has 0 unspecified atom stereocenters. The Hall–Kier alpha value is -2.84. The predicted octanol–water partition coefficient (Wildman–Crippen LogP) is 2.30. The summed E-state index contributed by atoms with van der Waals surface area (Å²) in [6, 6.07) is 4.05. The number of rotatable bonds is 8. The van der Waals surface area contributed by atoms with Gasteiger partial charge in [-0.25, -0.2) is 4.79 Å². The summed E-state index contributed by atoms with van der Waals surface area (Å²) in [7, 11) is 0. The average Bonchev–Trinajstić information content (AvgIpc) is 2.52. The molecule has 9 heteroatoms. The van der Waals surface area contributed by atoms with E-state index in [0.29, 0.717) is 6.42 Å². The number of carboxylic acids is 1. The number of hydrogen-bond acceptors (Lipinski definition) is 3. The van der Waals surface area contributed by atoms with Gasteiger partial charge in [0.1, 0.15) is 6.04 Å². The maximum absolute atomic E-state index is 12.8. The summed E-state index contributed by atoms with van der Waals surface area (Å²) in [6.45, 7) is 0.274. The summed E-state index contributed by atoms with van der Waals surface area (Å²) in [5.41, 5.74) is 9.52. The van der Waals surface area contributed by atoms with E-state index in [-0.39, 0.29) is 24.5 Å². The van der Waals surface area contributed by atoms with Gasteiger partial charge in [0, 0.05) is 12.8 Å². The van der Waals surface area contributed by atoms with Crippen LogP contribution in [-0.4, -0.2) is 35.8 Å². The molecule has 0 aliphatic carbocycles. The van der Waals surface area contributed by atoms with Gasteiger partial charge in [-0.1, -0.05) is 24.3 Å². The SMILES string of the molecule is NC(N)=NCCC[C@H](N=C/C=C/c1ccccc1C(F)(F)F)C(=O)O. The molecule has 1 rings (SSSR count). The van der Waals surface area contributed by atoms with E-state index < -0.39 is 23.8 Å². The predicted molar refractivity (Wildman–Crippen MR) is 90.3 cm³/mol. The molecule has 6 nitrogen and oxygen atoms in total. The van der Waals surface area contributed by atoms with Crippen molar-refractivity contribution < 1.29 is 23.1 Å². The number of aliphatic carboxylic acids is 1. The number of carboxylic acid groups (broad SMARTS) is 1. The first-order valence-corrected chi connectivity index (χ1v) is 7.36. The number of alkyl halides is 3. The number of halogens is 3. The van der Waals surface area contributed by atoms with Crippen LogP contribution in [0.25, 0.3) is 6.08 Å². The van der Waals surface area contributed by atoms with Crippen LogP contribution in [-0.2, 0) is 11.0 Å². The second-order valence-electron chi connectivity index (χ2n) is 5.05. The van der Waals surface area contributed by atoms with Crippen molar-refractivity contribution in [3.8, 4) is 0 Å². The average molecular weight is 356 g/mol. The Balaban J connectivity index is 2.72. The molecule has 1 aromatic rings. The van der Waals surface area contributed by atoms with Crippen molar-refractivity contribution >= 4 is 24.2 Å². The molecule has 5 N–H and O–H groups in total. The largest absolute Gasteiger partial charge is 0.480 e. The molecular weight excluding hydrogens is 337 g/mol. The summed E-state index contributed by atoms with van der Waals surface area (Å²) in [5, 5.41) is 9.08. The molecule has 0 aromatic heterocycles. The Bertz CT molecular complexity index is 666. The second-order valence-corrected chi connectivity index (χ2v) is 5.05. The zero-order chi connectivity index (χ0) is 18.9. The molecule has 0 fully saturated rings. The van der Waals surface area contributed by atoms with Crippen LogP contribution in [0.3, 0.4) is 0 Å². The van der Waals surface area contributed by atoms with Crippen LogP contribution in [0.4, 0.5) is 13.2 Å². The summed E-state index contributed by atoms with van der Waals surface area (Å²) in [5.74, 6) is -1.22. The zero-order valence-electron chi connectivity index (χ0n) is 13.3. The first-order valence-electron chi connectivity index (χ1n) is 7.36. The molecule has 0 saturated heterocycles. The standard InChI is InChI=1S/C16H19F3N4O2/c17-16(18,19)12-7-2-1-5-11(12)6-3-9-22-13(14(24)25)8-4-10-23-15(20)21/h1-3,5-7,9,13H,4,8,10H2,(H,24,25)(H4,20,21,23)/b6-3+,22-9?/t13-/m0/s1. The minimum atomic E-state index is -4.47. The Morgan fingerprint density at radius 3 is 2.56 bits per heavy atom. The number of benzene rings is 1. The molecule has 1 aromatic carbocycles. The maximum atomic E-state index is 12.8. The topological polar surface area (TPSA) is 114 Å². The first-order chi connectivity index (χ1) is 11.7. The van der Waals surface area contributed by atoms with Gasteiger partial charge < -0.3 is 16.6 Å². The molecule has 1 atom stereocenters. The zero-order valence-corrected chi connectivity index (χ0v) is 13.3. The lowest BCUT2D eigenvalue weighted by Crippen LogP contribution is -2.23. The highest BCUT2D eigenvalue weighted by molar-refractivity contribution is 5.82. The highest BCUT2D eigenvalue weighted by Crippen LogP contribution is 2.32. The van der Waals surface area contributed by atoms with Gasteiger partial charge in [0.2, 0.25) is 0 Å². The lowest BCUT2D eigenvalue weighted by atomic mass is 10.1. The van der Waals surface area contributed by atoms with Crippen molar-refractivity contribution in [2.75, 3.05) is 6.54 Å². The van der Waals surface area contributed by atoms with Crippen LogP contribution in [0.1, 0.15) is 24.0 Å². The Labute approximate surface area is 142 Å². The van der Waals surface area contributed by atoms with E-state index in [1.807, 2.05) is 0 Å². The van der Waals surface area contributed by atoms with Crippen molar-refractivity contribution in [3.05, 3.63) is 41.5 Å². The van der Waals surface area contributed by atoms with Crippen molar-refractivity contribution in [3.63, 3.8) is 0 Å². The number of nitrogens with zero attached hydrogens (tertiary/aromatic N) is 2. The molecule has 0 saturated carbocycles. The highest BCUT2D eigenvalue weighted by Gasteiger charge is 2.32. The molecule has 0 bridgehead atoms. The number of hydrogen-bond donors (Lipinski definition) is 3. The first kappa shape index (κ1) is 20.2. The van der Waals surface area contributed by atoms with Crippen LogP contribution >= 0.6 is 0 Å². The van der Waals surface area contributed by atoms with Gasteiger partial charge in [0.15, 0.2) is 5.96 Å². The van der Waals surface area contributed by atoms with Crippen molar-refractivity contribution in [2.45, 2.75) is 25.1 Å². The quantitative estimate of drug-likeness (QED) is 0.377. The molecule has 0 aliphatic rings. The summed E-state index contributed by atoms with van der Waals surface area (Å²) in [6.07, 6.45) is -0.177. The van der Waals surface area contributed by atoms with Crippen LogP contribution in [0.15, 0.2) is 40.3 Å². The van der Waals surface area contributed by atoms with Crippen LogP contribution in [0.5, 0.6) is 0 Å². The van der Waals surface area contributed by atoms with Gasteiger partial charge in [-0.15, -0.1) is 0 Å². The molecular formula is C16H19F3N4O2. The lowest BCUT2D eigenvalue weighted by molar-refractivity contribution is -0.139. The minimum absolute atomic E-state index is 0.0268. The number of allylic oxidation sites excluding steroid dienone is 1. The molecule has 25 heavy (non-hydrogen) atoms. The van der Waals surface area contributed by atoms with Gasteiger partial charge in [-0.3, -0.25) is 9.98 Å². The van der Waals surface area contributed by atoms with E-state index in [1.54, 1.807) is 0 Å². The van der Waals surface area contributed by atoms with Gasteiger partial charge >= 0.3 is 12.1 Å². The van der Waals surface area contributed by atoms with Crippen molar-refractivity contribution in [1.82, 2.24) is 0 Å². The van der Waals surface area contributed by atoms with E-state index in [2.05, 4.69) is 9.98 Å². The summed E-state index contributed by atoms with van der Waals surface area (Å²) >= 11 is 0. The number of guanidine groups is 1. The van der Waals surface area contributed by atoms with Crippen molar-refractivity contribution in [1.29, 1.82) is 0 Å². The minimum Gasteiger partial charge on any atom is -0.480 e. The normalized spacial score (nSPS) is 13.2. The number of aliphatic imine (C=N–C) groups is 2. The molecule has 0 heterocycles. The summed E-state index contributed by atoms with van der Waals surface area (Å²) < 4.78 is 38.5. The summed E-state index contributed by atoms with van der Waals surface area (Å²) in [4.78, 5) is 18.7. The Morgan fingerprint density at radius 1 is 1.28 bits per heavy atom. The van der Waals surface area contributed by atoms with Gasteiger partial charge in [-0.2, -0.15) is 13.2 Å². The van der Waals surface area contributed by atoms with E-state index in [1.165, 1.54) is 36.6 Å². The van der Waals surface area contributed by atoms with E-state index >= 15 is 0 Å². The van der Waals surface area contributed by atoms with E-state index in [9.17, 15) is 18.0 Å². The Morgan fingerprint density at radius 2 is 1.96 bits per heavy atom. The van der Waals surface area contributed by atoms with Crippen LogP contribution < -0.4 is 11.5 Å². The number of nitrogens with two attached hydrogens (primary N) is 2. The Kier molecular flexibility index (Phi) is 7.64. The van der Waals surface area contributed by atoms with Gasteiger partial charge in [0.25, 0.3) is 0 Å². The van der Waals surface area contributed by atoms with Crippen molar-refractivity contribution in [2.24, 2.45) is 21.5 Å². The molecule has 136 valence electrons. The fourth-order valence-corrected chi connectivity index (χ4v) is 1.96. The molecule has 0 amide bonds. The van der Waals surface area contributed by atoms with E-state index in [0.717, 1.165) is 6.07 Å². The number of carbonyl (C=O) groups is 1. The van der Waals surface area contributed by atoms with Gasteiger partial charge in [0.05, 0.1) is 5.56 Å². The third-order valence-electron chi connectivity index (χ3n) is 3.11. The van der Waals surface area contributed by atoms with Crippen LogP contribution in [0.2, 0.25) is 0 Å². The van der Waals surface area contributed by atoms with E-state index in [4.69, 9.17) is 16.6 Å². The maximum Gasteiger partial charge on any atom is 0.416 e. The second kappa shape index (κ2) is 9.45. The monoisotopic (exact) mass is 356 g/mol. The third-order valence-corrected chi connectivity index (χ3v) is 3.11. The smallest absolute Gasteiger partial charge is 0.416 e. The fourth-order valence-electron chi connectivity index (χ4n) is 1.96. The molecule has 0 aliphatic heterocycles. The fraction of sp³-hybridized carbons (Fsp3) is 0.312. The highest BCUT2D eigenvalue weighted by atomic mass is 19.4. The third kappa shape index (κ3) is 7.51. The van der Waals surface area contributed by atoms with Gasteiger partial charge in [-0.05, 0) is 30.5 Å².